The van der Waals surface area contributed by atoms with Gasteiger partial charge in [0.15, 0.2) is 0 Å². The van der Waals surface area contributed by atoms with Crippen LogP contribution in [0, 0.1) is 12.8 Å². The van der Waals surface area contributed by atoms with Crippen LogP contribution < -0.4 is 9.64 Å². The standard InChI is InChI=1S/C21H28ClNO4/c1-13(2)12-26-17-8-7-16(22)10-15(17)11-18-14(3)9-19(27-18)23(20(24)25)21(4,5)6/h7-10,13H,11-12H2,1-6H3,(H,24,25). The number of rotatable bonds is 6. The molecule has 148 valence electrons. The summed E-state index contributed by atoms with van der Waals surface area (Å²) in [5, 5.41) is 10.2. The fourth-order valence-corrected chi connectivity index (χ4v) is 2.95. The summed E-state index contributed by atoms with van der Waals surface area (Å²) in [5.74, 6) is 2.17. The topological polar surface area (TPSA) is 62.9 Å². The van der Waals surface area contributed by atoms with Crippen molar-refractivity contribution in [2.45, 2.75) is 53.5 Å². The van der Waals surface area contributed by atoms with E-state index in [0.717, 1.165) is 16.9 Å². The predicted molar refractivity (Wildman–Crippen MR) is 108 cm³/mol. The van der Waals surface area contributed by atoms with Gasteiger partial charge >= 0.3 is 6.09 Å². The third kappa shape index (κ3) is 5.42. The molecule has 0 aliphatic heterocycles. The van der Waals surface area contributed by atoms with Crippen LogP contribution in [0.25, 0.3) is 0 Å². The minimum Gasteiger partial charge on any atom is -0.493 e. The van der Waals surface area contributed by atoms with Crippen molar-refractivity contribution in [3.63, 3.8) is 0 Å². The molecular formula is C21H28ClNO4. The molecule has 1 aromatic carbocycles. The summed E-state index contributed by atoms with van der Waals surface area (Å²) in [7, 11) is 0. The van der Waals surface area contributed by atoms with Gasteiger partial charge in [-0.05, 0) is 57.4 Å². The van der Waals surface area contributed by atoms with Crippen LogP contribution in [0.4, 0.5) is 10.7 Å². The summed E-state index contributed by atoms with van der Waals surface area (Å²) in [4.78, 5) is 12.9. The molecule has 2 aromatic rings. The molecule has 0 fully saturated rings. The first-order valence-corrected chi connectivity index (χ1v) is 9.40. The molecule has 0 atom stereocenters. The first kappa shape index (κ1) is 21.2. The molecule has 0 spiro atoms. The molecule has 1 heterocycles. The van der Waals surface area contributed by atoms with E-state index < -0.39 is 11.6 Å². The minimum absolute atomic E-state index is 0.314. The van der Waals surface area contributed by atoms with Crippen LogP contribution in [-0.2, 0) is 6.42 Å². The van der Waals surface area contributed by atoms with Gasteiger partial charge in [-0.2, -0.15) is 0 Å². The number of halogens is 1. The Morgan fingerprint density at radius 2 is 1.96 bits per heavy atom. The first-order chi connectivity index (χ1) is 12.5. The average Bonchev–Trinajstić information content (AvgIpc) is 2.84. The SMILES string of the molecule is Cc1cc(N(C(=O)O)C(C)(C)C)oc1Cc1cc(Cl)ccc1OCC(C)C. The third-order valence-electron chi connectivity index (χ3n) is 4.04. The molecule has 0 aliphatic carbocycles. The van der Waals surface area contributed by atoms with Crippen molar-refractivity contribution in [1.29, 1.82) is 0 Å². The Hall–Kier alpha value is -2.14. The van der Waals surface area contributed by atoms with Gasteiger partial charge in [0, 0.05) is 28.6 Å². The summed E-state index contributed by atoms with van der Waals surface area (Å²) in [6.07, 6.45) is -0.580. The van der Waals surface area contributed by atoms with Crippen molar-refractivity contribution < 1.29 is 19.1 Å². The number of benzene rings is 1. The van der Waals surface area contributed by atoms with E-state index >= 15 is 0 Å². The summed E-state index contributed by atoms with van der Waals surface area (Å²) in [5.41, 5.74) is 1.18. The van der Waals surface area contributed by atoms with E-state index in [1.165, 1.54) is 4.90 Å². The molecule has 0 bridgehead atoms. The molecule has 0 radical (unpaired) electrons. The zero-order valence-electron chi connectivity index (χ0n) is 16.8. The zero-order valence-corrected chi connectivity index (χ0v) is 17.6. The van der Waals surface area contributed by atoms with Gasteiger partial charge in [0.1, 0.15) is 11.5 Å². The molecule has 1 N–H and O–H groups in total. The maximum Gasteiger partial charge on any atom is 0.414 e. The predicted octanol–water partition coefficient (Wildman–Crippen LogP) is 6.15. The number of furan rings is 1. The van der Waals surface area contributed by atoms with E-state index in [2.05, 4.69) is 13.8 Å². The number of amides is 1. The van der Waals surface area contributed by atoms with Crippen molar-refractivity contribution in [2.24, 2.45) is 5.92 Å². The second kappa shape index (κ2) is 8.26. The third-order valence-corrected chi connectivity index (χ3v) is 4.27. The number of aryl methyl sites for hydroxylation is 1. The lowest BCUT2D eigenvalue weighted by molar-refractivity contribution is 0.193. The number of carboxylic acid groups (broad SMARTS) is 1. The Kier molecular flexibility index (Phi) is 6.47. The van der Waals surface area contributed by atoms with E-state index in [1.807, 2.05) is 39.8 Å². The van der Waals surface area contributed by atoms with Gasteiger partial charge in [-0.3, -0.25) is 0 Å². The minimum atomic E-state index is -1.05. The number of carbonyl (C=O) groups is 1. The van der Waals surface area contributed by atoms with Crippen LogP contribution in [-0.4, -0.2) is 23.3 Å². The van der Waals surface area contributed by atoms with Gasteiger partial charge in [0.05, 0.1) is 6.61 Å². The van der Waals surface area contributed by atoms with Crippen LogP contribution in [0.3, 0.4) is 0 Å². The number of nitrogens with zero attached hydrogens (tertiary/aromatic N) is 1. The highest BCUT2D eigenvalue weighted by molar-refractivity contribution is 6.30. The highest BCUT2D eigenvalue weighted by atomic mass is 35.5. The smallest absolute Gasteiger partial charge is 0.414 e. The lowest BCUT2D eigenvalue weighted by Gasteiger charge is -2.30. The lowest BCUT2D eigenvalue weighted by atomic mass is 10.1. The summed E-state index contributed by atoms with van der Waals surface area (Å²) in [6.45, 7) is 12.2. The highest BCUT2D eigenvalue weighted by Crippen LogP contribution is 2.32. The van der Waals surface area contributed by atoms with Crippen molar-refractivity contribution in [2.75, 3.05) is 11.5 Å². The largest absolute Gasteiger partial charge is 0.493 e. The molecule has 1 aromatic heterocycles. The Morgan fingerprint density at radius 3 is 2.52 bits per heavy atom. The molecular weight excluding hydrogens is 366 g/mol. The van der Waals surface area contributed by atoms with Crippen LogP contribution in [0.2, 0.25) is 5.02 Å². The summed E-state index contributed by atoms with van der Waals surface area (Å²) >= 11 is 6.17. The van der Waals surface area contributed by atoms with E-state index in [4.69, 9.17) is 20.8 Å². The van der Waals surface area contributed by atoms with Crippen LogP contribution >= 0.6 is 11.6 Å². The van der Waals surface area contributed by atoms with Crippen molar-refractivity contribution in [3.05, 3.63) is 46.2 Å². The molecule has 0 saturated carbocycles. The van der Waals surface area contributed by atoms with Crippen molar-refractivity contribution >= 4 is 23.6 Å². The Balaban J connectivity index is 2.35. The molecule has 2 rings (SSSR count). The van der Waals surface area contributed by atoms with Crippen LogP contribution in [0.15, 0.2) is 28.7 Å². The number of hydrogen-bond donors (Lipinski definition) is 1. The van der Waals surface area contributed by atoms with Crippen LogP contribution in [0.5, 0.6) is 5.75 Å². The molecule has 0 aliphatic rings. The Bertz CT molecular complexity index is 805. The van der Waals surface area contributed by atoms with E-state index in [0.29, 0.717) is 35.6 Å². The van der Waals surface area contributed by atoms with E-state index in [-0.39, 0.29) is 0 Å². The second-order valence-electron chi connectivity index (χ2n) is 8.11. The highest BCUT2D eigenvalue weighted by Gasteiger charge is 2.31. The number of ether oxygens (including phenoxy) is 1. The average molecular weight is 394 g/mol. The fraction of sp³-hybridized carbons (Fsp3) is 0.476. The lowest BCUT2D eigenvalue weighted by Crippen LogP contribution is -2.45. The van der Waals surface area contributed by atoms with Gasteiger partial charge in [0.2, 0.25) is 5.88 Å². The first-order valence-electron chi connectivity index (χ1n) is 9.02. The van der Waals surface area contributed by atoms with Crippen molar-refractivity contribution in [3.8, 4) is 5.75 Å². The summed E-state index contributed by atoms with van der Waals surface area (Å²) in [6, 6.07) is 7.27. The molecule has 6 heteroatoms. The molecule has 0 saturated heterocycles. The second-order valence-corrected chi connectivity index (χ2v) is 8.55. The van der Waals surface area contributed by atoms with Gasteiger partial charge < -0.3 is 14.3 Å². The quantitative estimate of drug-likeness (QED) is 0.639. The van der Waals surface area contributed by atoms with Gasteiger partial charge in [0.25, 0.3) is 0 Å². The number of hydrogen-bond acceptors (Lipinski definition) is 3. The monoisotopic (exact) mass is 393 g/mol. The van der Waals surface area contributed by atoms with Gasteiger partial charge in [-0.25, -0.2) is 9.69 Å². The maximum absolute atomic E-state index is 11.7. The summed E-state index contributed by atoms with van der Waals surface area (Å²) < 4.78 is 11.8. The fourth-order valence-electron chi connectivity index (χ4n) is 2.76. The van der Waals surface area contributed by atoms with Gasteiger partial charge in [-0.15, -0.1) is 0 Å². The molecule has 0 unspecified atom stereocenters. The van der Waals surface area contributed by atoms with E-state index in [9.17, 15) is 9.90 Å². The van der Waals surface area contributed by atoms with Gasteiger partial charge in [-0.1, -0.05) is 25.4 Å². The molecule has 27 heavy (non-hydrogen) atoms. The Labute approximate surface area is 165 Å². The molecule has 1 amide bonds. The molecule has 5 nitrogen and oxygen atoms in total. The van der Waals surface area contributed by atoms with Crippen LogP contribution in [0.1, 0.15) is 51.5 Å². The normalized spacial score (nSPS) is 11.7. The zero-order chi connectivity index (χ0) is 20.4. The van der Waals surface area contributed by atoms with Crippen molar-refractivity contribution in [1.82, 2.24) is 0 Å². The Morgan fingerprint density at radius 1 is 1.30 bits per heavy atom. The maximum atomic E-state index is 11.7. The number of anilines is 1. The van der Waals surface area contributed by atoms with E-state index in [1.54, 1.807) is 12.1 Å².